The average molecular weight is 359 g/mol. The molecule has 0 radical (unpaired) electrons. The minimum atomic E-state index is -3.80. The van der Waals surface area contributed by atoms with Crippen LogP contribution in [0.2, 0.25) is 0 Å². The SMILES string of the molecule is CC(C)n1c(=O)ccc2cnc(Nc3cccc(S(N)(=O)=O)c3)nc21. The highest BCUT2D eigenvalue weighted by Crippen LogP contribution is 2.19. The molecule has 0 unspecified atom stereocenters. The zero-order chi connectivity index (χ0) is 18.2. The van der Waals surface area contributed by atoms with Crippen LogP contribution in [0.5, 0.6) is 0 Å². The number of pyridine rings is 1. The summed E-state index contributed by atoms with van der Waals surface area (Å²) in [5.41, 5.74) is 0.825. The smallest absolute Gasteiger partial charge is 0.252 e. The predicted molar refractivity (Wildman–Crippen MR) is 95.3 cm³/mol. The second-order valence-corrected chi connectivity index (χ2v) is 7.37. The number of anilines is 2. The van der Waals surface area contributed by atoms with Gasteiger partial charge in [0.1, 0.15) is 5.65 Å². The molecule has 3 aromatic rings. The number of aromatic nitrogens is 3. The van der Waals surface area contributed by atoms with Gasteiger partial charge in [0.25, 0.3) is 5.56 Å². The summed E-state index contributed by atoms with van der Waals surface area (Å²) < 4.78 is 24.5. The summed E-state index contributed by atoms with van der Waals surface area (Å²) in [6.07, 6.45) is 1.60. The summed E-state index contributed by atoms with van der Waals surface area (Å²) in [5, 5.41) is 8.81. The predicted octanol–water partition coefficient (Wildman–Crippen LogP) is 1.76. The Morgan fingerprint density at radius 2 is 1.96 bits per heavy atom. The number of rotatable bonds is 4. The number of primary sulfonamides is 1. The van der Waals surface area contributed by atoms with E-state index in [1.165, 1.54) is 18.2 Å². The summed E-state index contributed by atoms with van der Waals surface area (Å²) >= 11 is 0. The number of nitrogens with zero attached hydrogens (tertiary/aromatic N) is 3. The van der Waals surface area contributed by atoms with E-state index in [1.54, 1.807) is 29.0 Å². The van der Waals surface area contributed by atoms with Gasteiger partial charge in [-0.05, 0) is 38.1 Å². The van der Waals surface area contributed by atoms with Crippen LogP contribution in [0, 0.1) is 0 Å². The van der Waals surface area contributed by atoms with Crippen molar-refractivity contribution in [1.82, 2.24) is 14.5 Å². The summed E-state index contributed by atoms with van der Waals surface area (Å²) in [5.74, 6) is 0.249. The molecule has 0 aliphatic rings. The van der Waals surface area contributed by atoms with Crippen LogP contribution in [0.15, 0.2) is 52.3 Å². The van der Waals surface area contributed by atoms with Crippen molar-refractivity contribution in [2.45, 2.75) is 24.8 Å². The Bertz CT molecular complexity index is 1110. The fraction of sp³-hybridized carbons (Fsp3) is 0.188. The summed E-state index contributed by atoms with van der Waals surface area (Å²) in [6.45, 7) is 3.79. The molecule has 1 aromatic carbocycles. The van der Waals surface area contributed by atoms with Crippen LogP contribution in [0.25, 0.3) is 11.0 Å². The van der Waals surface area contributed by atoms with Crippen molar-refractivity contribution in [3.05, 3.63) is 52.9 Å². The Balaban J connectivity index is 2.06. The molecule has 0 bridgehead atoms. The fourth-order valence-corrected chi connectivity index (χ4v) is 3.04. The van der Waals surface area contributed by atoms with Crippen molar-refractivity contribution in [3.8, 4) is 0 Å². The maximum Gasteiger partial charge on any atom is 0.252 e. The molecule has 8 nitrogen and oxygen atoms in total. The largest absolute Gasteiger partial charge is 0.324 e. The molecule has 0 atom stereocenters. The molecule has 3 N–H and O–H groups in total. The first kappa shape index (κ1) is 17.1. The van der Waals surface area contributed by atoms with Gasteiger partial charge in [0.05, 0.1) is 4.90 Å². The van der Waals surface area contributed by atoms with E-state index in [1.807, 2.05) is 13.8 Å². The van der Waals surface area contributed by atoms with Gasteiger partial charge in [-0.15, -0.1) is 0 Å². The fourth-order valence-electron chi connectivity index (χ4n) is 2.48. The lowest BCUT2D eigenvalue weighted by molar-refractivity contribution is 0.595. The Morgan fingerprint density at radius 1 is 1.20 bits per heavy atom. The van der Waals surface area contributed by atoms with Gasteiger partial charge in [0.2, 0.25) is 16.0 Å². The van der Waals surface area contributed by atoms with Crippen molar-refractivity contribution < 1.29 is 8.42 Å². The van der Waals surface area contributed by atoms with Crippen LogP contribution in [-0.4, -0.2) is 23.0 Å². The highest BCUT2D eigenvalue weighted by Gasteiger charge is 2.11. The minimum absolute atomic E-state index is 0.0163. The van der Waals surface area contributed by atoms with Gasteiger partial charge >= 0.3 is 0 Å². The second-order valence-electron chi connectivity index (χ2n) is 5.81. The van der Waals surface area contributed by atoms with Crippen molar-refractivity contribution >= 4 is 32.7 Å². The monoisotopic (exact) mass is 359 g/mol. The summed E-state index contributed by atoms with van der Waals surface area (Å²) in [7, 11) is -3.80. The zero-order valence-corrected chi connectivity index (χ0v) is 14.5. The van der Waals surface area contributed by atoms with Gasteiger partial charge in [-0.25, -0.2) is 18.5 Å². The first-order chi connectivity index (χ1) is 11.8. The Morgan fingerprint density at radius 3 is 2.64 bits per heavy atom. The average Bonchev–Trinajstić information content (AvgIpc) is 2.53. The normalized spacial score (nSPS) is 11.8. The van der Waals surface area contributed by atoms with Gasteiger partial charge in [-0.1, -0.05) is 6.07 Å². The lowest BCUT2D eigenvalue weighted by Gasteiger charge is -2.13. The highest BCUT2D eigenvalue weighted by molar-refractivity contribution is 7.89. The van der Waals surface area contributed by atoms with Crippen LogP contribution >= 0.6 is 0 Å². The third kappa shape index (κ3) is 3.52. The number of benzene rings is 1. The lowest BCUT2D eigenvalue weighted by Crippen LogP contribution is -2.22. The number of sulfonamides is 1. The van der Waals surface area contributed by atoms with E-state index in [4.69, 9.17) is 5.14 Å². The van der Waals surface area contributed by atoms with Gasteiger partial charge in [-0.2, -0.15) is 4.98 Å². The molecule has 0 saturated heterocycles. The molecule has 0 amide bonds. The molecule has 9 heteroatoms. The van der Waals surface area contributed by atoms with E-state index >= 15 is 0 Å². The maximum atomic E-state index is 12.1. The molecule has 0 aliphatic carbocycles. The Hall–Kier alpha value is -2.78. The molecule has 0 saturated carbocycles. The second kappa shape index (κ2) is 6.26. The van der Waals surface area contributed by atoms with E-state index in [9.17, 15) is 13.2 Å². The zero-order valence-electron chi connectivity index (χ0n) is 13.7. The standard InChI is InChI=1S/C16H17N5O3S/c1-10(2)21-14(22)7-6-11-9-18-16(20-15(11)21)19-12-4-3-5-13(8-12)25(17,23)24/h3-10H,1-2H3,(H2,17,23,24)(H,18,19,20). The first-order valence-corrected chi connectivity index (χ1v) is 9.08. The molecule has 2 heterocycles. The number of hydrogen-bond donors (Lipinski definition) is 2. The molecule has 0 spiro atoms. The molecule has 2 aromatic heterocycles. The van der Waals surface area contributed by atoms with E-state index in [0.29, 0.717) is 11.3 Å². The number of nitrogens with one attached hydrogen (secondary N) is 1. The number of hydrogen-bond acceptors (Lipinski definition) is 6. The molecule has 130 valence electrons. The van der Waals surface area contributed by atoms with E-state index < -0.39 is 10.0 Å². The van der Waals surface area contributed by atoms with Crippen LogP contribution in [0.1, 0.15) is 19.9 Å². The topological polar surface area (TPSA) is 120 Å². The summed E-state index contributed by atoms with van der Waals surface area (Å²) in [4.78, 5) is 20.7. The molecule has 3 rings (SSSR count). The Kier molecular flexibility index (Phi) is 4.27. The molecule has 25 heavy (non-hydrogen) atoms. The quantitative estimate of drug-likeness (QED) is 0.732. The van der Waals surface area contributed by atoms with Crippen LogP contribution in [0.3, 0.4) is 0 Å². The molecule has 0 aliphatic heterocycles. The maximum absolute atomic E-state index is 12.1. The molecule has 0 fully saturated rings. The number of fused-ring (bicyclic) bond motifs is 1. The molecular weight excluding hydrogens is 342 g/mol. The van der Waals surface area contributed by atoms with Crippen molar-refractivity contribution in [1.29, 1.82) is 0 Å². The van der Waals surface area contributed by atoms with Crippen LogP contribution in [0.4, 0.5) is 11.6 Å². The Labute approximate surface area is 144 Å². The third-order valence-corrected chi connectivity index (χ3v) is 4.51. The van der Waals surface area contributed by atoms with Crippen LogP contribution in [-0.2, 0) is 10.0 Å². The van der Waals surface area contributed by atoms with Gasteiger partial charge < -0.3 is 5.32 Å². The van der Waals surface area contributed by atoms with Crippen molar-refractivity contribution in [2.24, 2.45) is 5.14 Å². The van der Waals surface area contributed by atoms with Gasteiger partial charge in [0, 0.05) is 29.4 Å². The number of nitrogens with two attached hydrogens (primary N) is 1. The minimum Gasteiger partial charge on any atom is -0.324 e. The van der Waals surface area contributed by atoms with Crippen molar-refractivity contribution in [2.75, 3.05) is 5.32 Å². The van der Waals surface area contributed by atoms with E-state index in [0.717, 1.165) is 5.39 Å². The van der Waals surface area contributed by atoms with E-state index in [2.05, 4.69) is 15.3 Å². The van der Waals surface area contributed by atoms with Crippen LogP contribution < -0.4 is 16.0 Å². The molecular formula is C16H17N5O3S. The first-order valence-electron chi connectivity index (χ1n) is 7.54. The van der Waals surface area contributed by atoms with E-state index in [-0.39, 0.29) is 22.4 Å². The summed E-state index contributed by atoms with van der Waals surface area (Å²) in [6, 6.07) is 9.11. The van der Waals surface area contributed by atoms with Gasteiger partial charge in [-0.3, -0.25) is 9.36 Å². The lowest BCUT2D eigenvalue weighted by atomic mass is 10.3. The third-order valence-electron chi connectivity index (χ3n) is 3.60. The van der Waals surface area contributed by atoms with Crippen molar-refractivity contribution in [3.63, 3.8) is 0 Å². The highest BCUT2D eigenvalue weighted by atomic mass is 32.2. The van der Waals surface area contributed by atoms with Gasteiger partial charge in [0.15, 0.2) is 0 Å².